The van der Waals surface area contributed by atoms with Crippen LogP contribution in [0.3, 0.4) is 0 Å². The largest absolute Gasteiger partial charge is 0.219 e. The Labute approximate surface area is 164 Å². The van der Waals surface area contributed by atoms with Gasteiger partial charge in [0.1, 0.15) is 0 Å². The van der Waals surface area contributed by atoms with Crippen LogP contribution >= 0.6 is 38.5 Å². The Morgan fingerprint density at radius 3 is 2.00 bits per heavy atom. The minimum atomic E-state index is -3.50. The van der Waals surface area contributed by atoms with Gasteiger partial charge in [-0.15, -0.1) is 0 Å². The van der Waals surface area contributed by atoms with Crippen LogP contribution in [0.5, 0.6) is 0 Å². The van der Waals surface area contributed by atoms with E-state index in [1.807, 2.05) is 49.4 Å². The van der Waals surface area contributed by atoms with E-state index in [-0.39, 0.29) is 0 Å². The van der Waals surface area contributed by atoms with Gasteiger partial charge < -0.3 is 0 Å². The first kappa shape index (κ1) is 17.6. The lowest BCUT2D eigenvalue weighted by atomic mass is 10.1. The lowest BCUT2D eigenvalue weighted by Crippen LogP contribution is -2.02. The summed E-state index contributed by atoms with van der Waals surface area (Å²) in [6.45, 7) is 1.94. The second-order valence-electron chi connectivity index (χ2n) is 5.47. The van der Waals surface area contributed by atoms with Gasteiger partial charge in [-0.25, -0.2) is 8.42 Å². The molecule has 5 heteroatoms. The zero-order valence-electron chi connectivity index (χ0n) is 12.8. The van der Waals surface area contributed by atoms with E-state index in [4.69, 9.17) is 0 Å². The van der Waals surface area contributed by atoms with Crippen molar-refractivity contribution in [3.8, 4) is 11.1 Å². The van der Waals surface area contributed by atoms with Crippen molar-refractivity contribution in [1.29, 1.82) is 0 Å². The quantitative estimate of drug-likeness (QED) is 0.412. The monoisotopic (exact) mass is 512 g/mol. The Balaban J connectivity index is 2.03. The smallest absolute Gasteiger partial charge is 0.206 e. The Kier molecular flexibility index (Phi) is 5.13. The van der Waals surface area contributed by atoms with E-state index >= 15 is 0 Å². The molecule has 0 heterocycles. The van der Waals surface area contributed by atoms with Crippen LogP contribution in [0.4, 0.5) is 0 Å². The molecule has 0 unspecified atom stereocenters. The molecule has 0 N–H and O–H groups in total. The Hall–Kier alpha value is -1.18. The van der Waals surface area contributed by atoms with Crippen molar-refractivity contribution in [2.24, 2.45) is 0 Å². The molecular weight excluding hydrogens is 499 g/mol. The van der Waals surface area contributed by atoms with Crippen LogP contribution in [0, 0.1) is 10.5 Å². The van der Waals surface area contributed by atoms with Crippen molar-refractivity contribution in [3.05, 3.63) is 80.3 Å². The fraction of sp³-hybridized carbons (Fsp3) is 0.0526. The summed E-state index contributed by atoms with van der Waals surface area (Å²) in [5.74, 6) is 0. The highest BCUT2D eigenvalue weighted by Crippen LogP contribution is 2.30. The topological polar surface area (TPSA) is 34.1 Å². The standard InChI is InChI=1S/C19H14BrIO2S/c1-13-2-8-16(9-3-13)24(22,23)17-10-11-18(19(21)12-17)14-4-6-15(20)7-5-14/h2-12H,1H3. The van der Waals surface area contributed by atoms with E-state index in [1.165, 1.54) is 0 Å². The highest BCUT2D eigenvalue weighted by molar-refractivity contribution is 14.1. The molecule has 0 radical (unpaired) electrons. The molecule has 0 aliphatic rings. The molecule has 0 fully saturated rings. The summed E-state index contributed by atoms with van der Waals surface area (Å²) in [6.07, 6.45) is 0. The van der Waals surface area contributed by atoms with E-state index in [0.717, 1.165) is 24.7 Å². The van der Waals surface area contributed by atoms with Crippen LogP contribution < -0.4 is 0 Å². The molecular formula is C19H14BrIO2S. The fourth-order valence-electron chi connectivity index (χ4n) is 2.38. The second-order valence-corrected chi connectivity index (χ2v) is 9.49. The van der Waals surface area contributed by atoms with Crippen LogP contribution in [-0.4, -0.2) is 8.42 Å². The first-order valence-corrected chi connectivity index (χ1v) is 10.6. The summed E-state index contributed by atoms with van der Waals surface area (Å²) in [7, 11) is -3.50. The van der Waals surface area contributed by atoms with Crippen LogP contribution in [0.25, 0.3) is 11.1 Å². The molecule has 24 heavy (non-hydrogen) atoms. The molecule has 0 aliphatic carbocycles. The third kappa shape index (κ3) is 3.58. The zero-order valence-corrected chi connectivity index (χ0v) is 17.4. The maximum atomic E-state index is 12.8. The average molecular weight is 513 g/mol. The molecule has 0 atom stereocenters. The number of sulfone groups is 1. The number of aryl methyl sites for hydroxylation is 1. The predicted molar refractivity (Wildman–Crippen MR) is 109 cm³/mol. The summed E-state index contributed by atoms with van der Waals surface area (Å²) < 4.78 is 27.5. The molecule has 0 bridgehead atoms. The van der Waals surface area contributed by atoms with Gasteiger partial charge in [0.15, 0.2) is 0 Å². The Morgan fingerprint density at radius 2 is 1.42 bits per heavy atom. The van der Waals surface area contributed by atoms with Gasteiger partial charge in [0.25, 0.3) is 0 Å². The molecule has 3 aromatic carbocycles. The lowest BCUT2D eigenvalue weighted by molar-refractivity contribution is 0.596. The first-order valence-electron chi connectivity index (χ1n) is 7.25. The first-order chi connectivity index (χ1) is 11.4. The maximum absolute atomic E-state index is 12.8. The number of rotatable bonds is 3. The SMILES string of the molecule is Cc1ccc(S(=O)(=O)c2ccc(-c3ccc(Br)cc3)c(I)c2)cc1. The fourth-order valence-corrected chi connectivity index (χ4v) is 4.97. The predicted octanol–water partition coefficient (Wildman–Crippen LogP) is 5.86. The second kappa shape index (κ2) is 6.98. The van der Waals surface area contributed by atoms with Gasteiger partial charge in [-0.3, -0.25) is 0 Å². The molecule has 0 aromatic heterocycles. The Morgan fingerprint density at radius 1 is 0.833 bits per heavy atom. The van der Waals surface area contributed by atoms with Crippen molar-refractivity contribution in [2.45, 2.75) is 16.7 Å². The van der Waals surface area contributed by atoms with E-state index in [2.05, 4.69) is 38.5 Å². The third-order valence-corrected chi connectivity index (χ3v) is 6.93. The highest BCUT2D eigenvalue weighted by Gasteiger charge is 2.18. The van der Waals surface area contributed by atoms with E-state index in [0.29, 0.717) is 9.79 Å². The molecule has 0 saturated carbocycles. The number of hydrogen-bond donors (Lipinski definition) is 0. The summed E-state index contributed by atoms with van der Waals surface area (Å²) >= 11 is 5.61. The lowest BCUT2D eigenvalue weighted by Gasteiger charge is -2.09. The average Bonchev–Trinajstić information content (AvgIpc) is 2.56. The van der Waals surface area contributed by atoms with Gasteiger partial charge in [-0.1, -0.05) is 51.8 Å². The molecule has 0 amide bonds. The molecule has 0 aliphatic heterocycles. The molecule has 0 spiro atoms. The zero-order chi connectivity index (χ0) is 17.3. The molecule has 3 aromatic rings. The van der Waals surface area contributed by atoms with E-state index < -0.39 is 9.84 Å². The summed E-state index contributed by atoms with van der Waals surface area (Å²) in [5.41, 5.74) is 3.11. The molecule has 3 rings (SSSR count). The van der Waals surface area contributed by atoms with E-state index in [9.17, 15) is 8.42 Å². The van der Waals surface area contributed by atoms with Crippen LogP contribution in [0.15, 0.2) is 81.0 Å². The maximum Gasteiger partial charge on any atom is 0.206 e. The molecule has 2 nitrogen and oxygen atoms in total. The number of benzene rings is 3. The summed E-state index contributed by atoms with van der Waals surface area (Å²) in [6, 6.07) is 20.2. The normalized spacial score (nSPS) is 11.5. The van der Waals surface area contributed by atoms with Crippen molar-refractivity contribution in [1.82, 2.24) is 0 Å². The number of halogens is 2. The Bertz CT molecular complexity index is 979. The van der Waals surface area contributed by atoms with Crippen LogP contribution in [-0.2, 0) is 9.84 Å². The van der Waals surface area contributed by atoms with Gasteiger partial charge in [0, 0.05) is 8.04 Å². The highest BCUT2D eigenvalue weighted by atomic mass is 127. The van der Waals surface area contributed by atoms with Crippen LogP contribution in [0.2, 0.25) is 0 Å². The van der Waals surface area contributed by atoms with Crippen molar-refractivity contribution in [3.63, 3.8) is 0 Å². The van der Waals surface area contributed by atoms with Crippen LogP contribution in [0.1, 0.15) is 5.56 Å². The minimum Gasteiger partial charge on any atom is -0.219 e. The number of hydrogen-bond acceptors (Lipinski definition) is 2. The molecule has 0 saturated heterocycles. The third-order valence-electron chi connectivity index (χ3n) is 3.74. The minimum absolute atomic E-state index is 0.316. The van der Waals surface area contributed by atoms with Gasteiger partial charge in [0.2, 0.25) is 9.84 Å². The van der Waals surface area contributed by atoms with Gasteiger partial charge in [0.05, 0.1) is 9.79 Å². The van der Waals surface area contributed by atoms with Crippen molar-refractivity contribution >= 4 is 48.4 Å². The summed E-state index contributed by atoms with van der Waals surface area (Å²) in [4.78, 5) is 0.636. The molecule has 122 valence electrons. The van der Waals surface area contributed by atoms with Crippen molar-refractivity contribution in [2.75, 3.05) is 0 Å². The van der Waals surface area contributed by atoms with Crippen molar-refractivity contribution < 1.29 is 8.42 Å². The summed E-state index contributed by atoms with van der Waals surface area (Å²) in [5, 5.41) is 0. The van der Waals surface area contributed by atoms with Gasteiger partial charge in [-0.2, -0.15) is 0 Å². The van der Waals surface area contributed by atoms with E-state index in [1.54, 1.807) is 24.3 Å². The van der Waals surface area contributed by atoms with Gasteiger partial charge >= 0.3 is 0 Å². The van der Waals surface area contributed by atoms with Gasteiger partial charge in [-0.05, 0) is 77.0 Å².